The predicted octanol–water partition coefficient (Wildman–Crippen LogP) is 1.00. The highest BCUT2D eigenvalue weighted by Crippen LogP contribution is 2.18. The van der Waals surface area contributed by atoms with Crippen molar-refractivity contribution in [2.75, 3.05) is 19.4 Å². The number of carbonyl (C=O) groups excluding carboxylic acids is 1. The first-order chi connectivity index (χ1) is 9.27. The van der Waals surface area contributed by atoms with Crippen molar-refractivity contribution in [3.63, 3.8) is 0 Å². The topological polar surface area (TPSA) is 92.5 Å². The van der Waals surface area contributed by atoms with E-state index >= 15 is 0 Å². The minimum absolute atomic E-state index is 0.139. The first-order valence-electron chi connectivity index (χ1n) is 6.35. The van der Waals surface area contributed by atoms with Crippen molar-refractivity contribution in [1.29, 1.82) is 0 Å². The zero-order chi connectivity index (χ0) is 15.3. The molecule has 0 aliphatic rings. The lowest BCUT2D eigenvalue weighted by Gasteiger charge is -2.13. The quantitative estimate of drug-likeness (QED) is 0.819. The number of carbonyl (C=O) groups is 1. The lowest BCUT2D eigenvalue weighted by atomic mass is 10.1. The summed E-state index contributed by atoms with van der Waals surface area (Å²) in [6.07, 6.45) is 0.920. The van der Waals surface area contributed by atoms with Crippen LogP contribution in [0.3, 0.4) is 0 Å². The van der Waals surface area contributed by atoms with Crippen LogP contribution in [0.4, 0.5) is 5.69 Å². The maximum absolute atomic E-state index is 12.0. The number of rotatable bonds is 6. The zero-order valence-corrected chi connectivity index (χ0v) is 12.8. The molecule has 0 radical (unpaired) electrons. The number of hydrogen-bond donors (Lipinski definition) is 2. The molecule has 1 amide bonds. The van der Waals surface area contributed by atoms with Crippen molar-refractivity contribution in [2.45, 2.75) is 30.7 Å². The van der Waals surface area contributed by atoms with Gasteiger partial charge in [0, 0.05) is 32.2 Å². The molecule has 6 nitrogen and oxygen atoms in total. The van der Waals surface area contributed by atoms with Gasteiger partial charge in [0.05, 0.1) is 4.90 Å². The van der Waals surface area contributed by atoms with Crippen molar-refractivity contribution in [1.82, 2.24) is 4.31 Å². The Labute approximate surface area is 120 Å². The largest absolute Gasteiger partial charge is 0.327 e. The Hall–Kier alpha value is -1.44. The van der Waals surface area contributed by atoms with E-state index in [-0.39, 0.29) is 23.3 Å². The van der Waals surface area contributed by atoms with Crippen LogP contribution in [0.15, 0.2) is 29.2 Å². The van der Waals surface area contributed by atoms with Gasteiger partial charge in [-0.3, -0.25) is 4.79 Å². The van der Waals surface area contributed by atoms with Crippen LogP contribution in [0.25, 0.3) is 0 Å². The Balaban J connectivity index is 2.87. The van der Waals surface area contributed by atoms with Crippen molar-refractivity contribution < 1.29 is 13.2 Å². The second-order valence-electron chi connectivity index (χ2n) is 4.74. The number of nitrogens with one attached hydrogen (secondary N) is 1. The Bertz CT molecular complexity index is 570. The molecule has 0 saturated heterocycles. The standard InChI is InChI=1S/C13H21N3O3S/c1-4-10(14)8-13(17)15-11-6-5-7-12(9-11)20(18,19)16(2)3/h5-7,9-10H,4,8,14H2,1-3H3,(H,15,17). The van der Waals surface area contributed by atoms with Crippen molar-refractivity contribution in [3.8, 4) is 0 Å². The molecule has 0 fully saturated rings. The molecule has 112 valence electrons. The Morgan fingerprint density at radius 1 is 1.40 bits per heavy atom. The molecule has 1 aromatic carbocycles. The van der Waals surface area contributed by atoms with Crippen molar-refractivity contribution in [3.05, 3.63) is 24.3 Å². The van der Waals surface area contributed by atoms with E-state index in [9.17, 15) is 13.2 Å². The molecular weight excluding hydrogens is 278 g/mol. The van der Waals surface area contributed by atoms with Gasteiger partial charge in [0.25, 0.3) is 0 Å². The van der Waals surface area contributed by atoms with E-state index < -0.39 is 10.0 Å². The number of sulfonamides is 1. The molecule has 0 saturated carbocycles. The molecule has 7 heteroatoms. The Morgan fingerprint density at radius 2 is 2.05 bits per heavy atom. The summed E-state index contributed by atoms with van der Waals surface area (Å²) >= 11 is 0. The summed E-state index contributed by atoms with van der Waals surface area (Å²) in [6.45, 7) is 1.90. The van der Waals surface area contributed by atoms with Crippen LogP contribution in [0, 0.1) is 0 Å². The summed E-state index contributed by atoms with van der Waals surface area (Å²) in [7, 11) is -0.587. The average Bonchev–Trinajstić information content (AvgIpc) is 2.38. The molecule has 20 heavy (non-hydrogen) atoms. The maximum Gasteiger partial charge on any atom is 0.242 e. The smallest absolute Gasteiger partial charge is 0.242 e. The summed E-state index contributed by atoms with van der Waals surface area (Å²) in [5, 5.41) is 2.66. The van der Waals surface area contributed by atoms with Gasteiger partial charge in [0.2, 0.25) is 15.9 Å². The minimum atomic E-state index is -3.51. The first-order valence-corrected chi connectivity index (χ1v) is 7.79. The van der Waals surface area contributed by atoms with Crippen molar-refractivity contribution in [2.24, 2.45) is 5.73 Å². The molecule has 1 aromatic rings. The fraction of sp³-hybridized carbons (Fsp3) is 0.462. The van der Waals surface area contributed by atoms with Crippen LogP contribution in [0.1, 0.15) is 19.8 Å². The molecule has 0 heterocycles. The Kier molecular flexibility index (Phi) is 5.67. The summed E-state index contributed by atoms with van der Waals surface area (Å²) in [4.78, 5) is 11.9. The van der Waals surface area contributed by atoms with Crippen LogP contribution >= 0.6 is 0 Å². The van der Waals surface area contributed by atoms with Gasteiger partial charge in [-0.2, -0.15) is 0 Å². The van der Waals surface area contributed by atoms with E-state index in [4.69, 9.17) is 5.73 Å². The SMILES string of the molecule is CCC(N)CC(=O)Nc1cccc(S(=O)(=O)N(C)C)c1. The van der Waals surface area contributed by atoms with Crippen molar-refractivity contribution >= 4 is 21.6 Å². The van der Waals surface area contributed by atoms with E-state index in [0.717, 1.165) is 4.31 Å². The number of benzene rings is 1. The summed E-state index contributed by atoms with van der Waals surface area (Å²) in [5.41, 5.74) is 6.15. The number of amides is 1. The highest BCUT2D eigenvalue weighted by Gasteiger charge is 2.17. The van der Waals surface area contributed by atoms with Gasteiger partial charge in [-0.15, -0.1) is 0 Å². The second-order valence-corrected chi connectivity index (χ2v) is 6.89. The first kappa shape index (κ1) is 16.6. The molecular formula is C13H21N3O3S. The van der Waals surface area contributed by atoms with E-state index in [1.807, 2.05) is 6.92 Å². The van der Waals surface area contributed by atoms with E-state index in [0.29, 0.717) is 12.1 Å². The van der Waals surface area contributed by atoms with Crippen LogP contribution in [-0.4, -0.2) is 38.8 Å². The van der Waals surface area contributed by atoms with Gasteiger partial charge in [-0.05, 0) is 24.6 Å². The van der Waals surface area contributed by atoms with Gasteiger partial charge in [0.15, 0.2) is 0 Å². The molecule has 0 bridgehead atoms. The third kappa shape index (κ3) is 4.29. The summed E-state index contributed by atoms with van der Waals surface area (Å²) < 4.78 is 25.1. The third-order valence-electron chi connectivity index (χ3n) is 2.87. The lowest BCUT2D eigenvalue weighted by Crippen LogP contribution is -2.26. The molecule has 1 unspecified atom stereocenters. The highest BCUT2D eigenvalue weighted by atomic mass is 32.2. The maximum atomic E-state index is 12.0. The van der Waals surface area contributed by atoms with Crippen LogP contribution in [-0.2, 0) is 14.8 Å². The number of anilines is 1. The third-order valence-corrected chi connectivity index (χ3v) is 4.68. The predicted molar refractivity (Wildman–Crippen MR) is 78.8 cm³/mol. The van der Waals surface area contributed by atoms with E-state index in [1.165, 1.54) is 26.2 Å². The monoisotopic (exact) mass is 299 g/mol. The average molecular weight is 299 g/mol. The highest BCUT2D eigenvalue weighted by molar-refractivity contribution is 7.89. The molecule has 1 atom stereocenters. The van der Waals surface area contributed by atoms with Gasteiger partial charge in [0.1, 0.15) is 0 Å². The van der Waals surface area contributed by atoms with Gasteiger partial charge >= 0.3 is 0 Å². The minimum Gasteiger partial charge on any atom is -0.327 e. The normalized spacial score (nSPS) is 13.2. The molecule has 0 spiro atoms. The van der Waals surface area contributed by atoms with E-state index in [2.05, 4.69) is 5.32 Å². The molecule has 3 N–H and O–H groups in total. The number of hydrogen-bond acceptors (Lipinski definition) is 4. The summed E-state index contributed by atoms with van der Waals surface area (Å²) in [5.74, 6) is -0.223. The van der Waals surface area contributed by atoms with Crippen LogP contribution in [0.5, 0.6) is 0 Å². The fourth-order valence-electron chi connectivity index (χ4n) is 1.54. The zero-order valence-electron chi connectivity index (χ0n) is 12.0. The second kappa shape index (κ2) is 6.83. The molecule has 0 aliphatic heterocycles. The molecule has 0 aromatic heterocycles. The van der Waals surface area contributed by atoms with Crippen LogP contribution in [0.2, 0.25) is 0 Å². The van der Waals surface area contributed by atoms with Gasteiger partial charge < -0.3 is 11.1 Å². The molecule has 0 aliphatic carbocycles. The van der Waals surface area contributed by atoms with Gasteiger partial charge in [-0.25, -0.2) is 12.7 Å². The van der Waals surface area contributed by atoms with Gasteiger partial charge in [-0.1, -0.05) is 13.0 Å². The molecule has 1 rings (SSSR count). The number of nitrogens with zero attached hydrogens (tertiary/aromatic N) is 1. The van der Waals surface area contributed by atoms with E-state index in [1.54, 1.807) is 12.1 Å². The lowest BCUT2D eigenvalue weighted by molar-refractivity contribution is -0.116. The number of nitrogens with two attached hydrogens (primary N) is 1. The van der Waals surface area contributed by atoms with Crippen LogP contribution < -0.4 is 11.1 Å². The summed E-state index contributed by atoms with van der Waals surface area (Å²) in [6, 6.07) is 5.96. The Morgan fingerprint density at radius 3 is 2.60 bits per heavy atom. The fourth-order valence-corrected chi connectivity index (χ4v) is 2.49.